The van der Waals surface area contributed by atoms with Gasteiger partial charge in [0.15, 0.2) is 5.82 Å². The van der Waals surface area contributed by atoms with Gasteiger partial charge < -0.3 is 10.6 Å². The summed E-state index contributed by atoms with van der Waals surface area (Å²) in [6.07, 6.45) is 1.50. The van der Waals surface area contributed by atoms with Crippen molar-refractivity contribution in [3.63, 3.8) is 0 Å². The number of nitrogens with zero attached hydrogens (tertiary/aromatic N) is 3. The molecule has 2 aromatic carbocycles. The van der Waals surface area contributed by atoms with Crippen LogP contribution in [0.3, 0.4) is 0 Å². The summed E-state index contributed by atoms with van der Waals surface area (Å²) in [5.74, 6) is 0.833. The molecule has 0 spiro atoms. The molecule has 0 aliphatic heterocycles. The first-order valence-corrected chi connectivity index (χ1v) is 8.09. The van der Waals surface area contributed by atoms with Crippen molar-refractivity contribution in [3.8, 4) is 0 Å². The summed E-state index contributed by atoms with van der Waals surface area (Å²) in [6, 6.07) is 10.7. The van der Waals surface area contributed by atoms with Gasteiger partial charge in [0.1, 0.15) is 0 Å². The molecule has 0 aliphatic rings. The van der Waals surface area contributed by atoms with Gasteiger partial charge in [0, 0.05) is 15.7 Å². The van der Waals surface area contributed by atoms with Crippen LogP contribution in [-0.2, 0) is 0 Å². The van der Waals surface area contributed by atoms with E-state index in [2.05, 4.69) is 25.8 Å². The molecule has 2 N–H and O–H groups in total. The number of aryl methyl sites for hydroxylation is 1. The van der Waals surface area contributed by atoms with Crippen LogP contribution in [0.4, 0.5) is 23.1 Å². The molecule has 0 saturated carbocycles. The van der Waals surface area contributed by atoms with E-state index in [0.29, 0.717) is 32.5 Å². The summed E-state index contributed by atoms with van der Waals surface area (Å²) >= 11 is 18.1. The van der Waals surface area contributed by atoms with Gasteiger partial charge in [0.25, 0.3) is 0 Å². The average Bonchev–Trinajstić information content (AvgIpc) is 2.54. The van der Waals surface area contributed by atoms with E-state index in [0.717, 1.165) is 11.3 Å². The molecule has 0 saturated heterocycles. The van der Waals surface area contributed by atoms with E-state index in [1.54, 1.807) is 24.3 Å². The van der Waals surface area contributed by atoms with E-state index >= 15 is 0 Å². The van der Waals surface area contributed by atoms with E-state index in [4.69, 9.17) is 34.8 Å². The van der Waals surface area contributed by atoms with Crippen molar-refractivity contribution in [3.05, 3.63) is 63.2 Å². The second-order valence-electron chi connectivity index (χ2n) is 5.00. The monoisotopic (exact) mass is 379 g/mol. The van der Waals surface area contributed by atoms with Gasteiger partial charge in [-0.2, -0.15) is 10.1 Å². The van der Waals surface area contributed by atoms with Crippen LogP contribution in [0.25, 0.3) is 0 Å². The van der Waals surface area contributed by atoms with Gasteiger partial charge in [-0.25, -0.2) is 0 Å². The highest BCUT2D eigenvalue weighted by Crippen LogP contribution is 2.28. The average molecular weight is 381 g/mol. The lowest BCUT2D eigenvalue weighted by Gasteiger charge is -2.09. The molecule has 0 aliphatic carbocycles. The van der Waals surface area contributed by atoms with Gasteiger partial charge >= 0.3 is 0 Å². The van der Waals surface area contributed by atoms with Crippen LogP contribution in [-0.4, -0.2) is 15.2 Å². The smallest absolute Gasteiger partial charge is 0.249 e. The highest BCUT2D eigenvalue weighted by atomic mass is 35.5. The van der Waals surface area contributed by atoms with E-state index in [9.17, 15) is 0 Å². The zero-order valence-corrected chi connectivity index (χ0v) is 14.8. The van der Waals surface area contributed by atoms with E-state index in [1.165, 1.54) is 6.20 Å². The van der Waals surface area contributed by atoms with Gasteiger partial charge in [-0.3, -0.25) is 0 Å². The molecule has 0 unspecified atom stereocenters. The van der Waals surface area contributed by atoms with Crippen molar-refractivity contribution >= 4 is 57.9 Å². The standard InChI is InChI=1S/C16H12Cl3N5/c1-9-2-4-11(7-12(9)18)21-16-23-15(8-20-24-16)22-14-5-3-10(17)6-13(14)19/h2-8H,1H3,(H2,21,22,23,24). The third-order valence-electron chi connectivity index (χ3n) is 3.18. The molecule has 1 aromatic heterocycles. The molecule has 0 fully saturated rings. The molecule has 0 amide bonds. The second-order valence-corrected chi connectivity index (χ2v) is 6.25. The zero-order chi connectivity index (χ0) is 17.1. The SMILES string of the molecule is Cc1ccc(Nc2nncc(Nc3ccc(Cl)cc3Cl)n2)cc1Cl. The topological polar surface area (TPSA) is 62.7 Å². The van der Waals surface area contributed by atoms with Crippen molar-refractivity contribution in [1.82, 2.24) is 15.2 Å². The van der Waals surface area contributed by atoms with Gasteiger partial charge in [-0.05, 0) is 42.8 Å². The number of hydrogen-bond acceptors (Lipinski definition) is 5. The fraction of sp³-hybridized carbons (Fsp3) is 0.0625. The molecule has 122 valence electrons. The molecule has 0 bridgehead atoms. The van der Waals surface area contributed by atoms with Crippen LogP contribution < -0.4 is 10.6 Å². The van der Waals surface area contributed by atoms with Crippen molar-refractivity contribution in [2.75, 3.05) is 10.6 Å². The number of anilines is 4. The summed E-state index contributed by atoms with van der Waals surface area (Å²) in [5.41, 5.74) is 2.44. The minimum Gasteiger partial charge on any atom is -0.338 e. The minimum atomic E-state index is 0.338. The lowest BCUT2D eigenvalue weighted by Crippen LogP contribution is -2.02. The summed E-state index contributed by atoms with van der Waals surface area (Å²) in [4.78, 5) is 4.35. The van der Waals surface area contributed by atoms with Gasteiger partial charge in [0.2, 0.25) is 5.95 Å². The van der Waals surface area contributed by atoms with Crippen molar-refractivity contribution < 1.29 is 0 Å². The van der Waals surface area contributed by atoms with Crippen LogP contribution in [0.5, 0.6) is 0 Å². The summed E-state index contributed by atoms with van der Waals surface area (Å²) in [5, 5.41) is 15.7. The first kappa shape index (κ1) is 16.8. The molecule has 3 aromatic rings. The lowest BCUT2D eigenvalue weighted by atomic mass is 10.2. The molecule has 24 heavy (non-hydrogen) atoms. The maximum atomic E-state index is 6.14. The van der Waals surface area contributed by atoms with E-state index in [1.807, 2.05) is 19.1 Å². The van der Waals surface area contributed by atoms with Crippen LogP contribution >= 0.6 is 34.8 Å². The first-order chi connectivity index (χ1) is 11.5. The molecule has 0 atom stereocenters. The molecule has 1 heterocycles. The first-order valence-electron chi connectivity index (χ1n) is 6.96. The van der Waals surface area contributed by atoms with Crippen molar-refractivity contribution in [2.24, 2.45) is 0 Å². The molecule has 3 rings (SSSR count). The Labute approximate surface area is 154 Å². The Hall–Kier alpha value is -2.08. The Morgan fingerprint density at radius 1 is 0.917 bits per heavy atom. The highest BCUT2D eigenvalue weighted by molar-refractivity contribution is 6.36. The molecule has 8 heteroatoms. The Morgan fingerprint density at radius 3 is 2.50 bits per heavy atom. The second kappa shape index (κ2) is 7.21. The fourth-order valence-electron chi connectivity index (χ4n) is 1.95. The van der Waals surface area contributed by atoms with Crippen LogP contribution in [0.2, 0.25) is 15.1 Å². The summed E-state index contributed by atoms with van der Waals surface area (Å²) in [6.45, 7) is 1.94. The predicted octanol–water partition coefficient (Wildman–Crippen LogP) is 5.63. The zero-order valence-electron chi connectivity index (χ0n) is 12.5. The molecule has 0 radical (unpaired) electrons. The Bertz CT molecular complexity index is 885. The number of nitrogens with one attached hydrogen (secondary N) is 2. The third kappa shape index (κ3) is 4.06. The Balaban J connectivity index is 1.79. The predicted molar refractivity (Wildman–Crippen MR) is 99.0 cm³/mol. The summed E-state index contributed by atoms with van der Waals surface area (Å²) in [7, 11) is 0. The van der Waals surface area contributed by atoms with Gasteiger partial charge in [-0.15, -0.1) is 5.10 Å². The summed E-state index contributed by atoms with van der Waals surface area (Å²) < 4.78 is 0. The fourth-order valence-corrected chi connectivity index (χ4v) is 2.58. The number of aromatic nitrogens is 3. The van der Waals surface area contributed by atoms with Gasteiger partial charge in [0.05, 0.1) is 16.9 Å². The number of halogens is 3. The van der Waals surface area contributed by atoms with Crippen LogP contribution in [0.1, 0.15) is 5.56 Å². The quantitative estimate of drug-likeness (QED) is 0.614. The molecular formula is C16H12Cl3N5. The van der Waals surface area contributed by atoms with Crippen LogP contribution in [0.15, 0.2) is 42.6 Å². The van der Waals surface area contributed by atoms with Gasteiger partial charge in [-0.1, -0.05) is 40.9 Å². The van der Waals surface area contributed by atoms with Crippen molar-refractivity contribution in [1.29, 1.82) is 0 Å². The number of hydrogen-bond donors (Lipinski definition) is 2. The largest absolute Gasteiger partial charge is 0.338 e. The Morgan fingerprint density at radius 2 is 1.75 bits per heavy atom. The lowest BCUT2D eigenvalue weighted by molar-refractivity contribution is 0.982. The third-order valence-corrected chi connectivity index (χ3v) is 4.14. The molecular weight excluding hydrogens is 369 g/mol. The maximum Gasteiger partial charge on any atom is 0.249 e. The Kier molecular flexibility index (Phi) is 5.04. The minimum absolute atomic E-state index is 0.338. The van der Waals surface area contributed by atoms with E-state index in [-0.39, 0.29) is 0 Å². The van der Waals surface area contributed by atoms with E-state index < -0.39 is 0 Å². The van der Waals surface area contributed by atoms with Crippen LogP contribution in [0, 0.1) is 6.92 Å². The van der Waals surface area contributed by atoms with Crippen molar-refractivity contribution in [2.45, 2.75) is 6.92 Å². The number of benzene rings is 2. The number of rotatable bonds is 4. The molecule has 5 nitrogen and oxygen atoms in total. The normalized spacial score (nSPS) is 10.5. The highest BCUT2D eigenvalue weighted by Gasteiger charge is 2.06. The maximum absolute atomic E-state index is 6.14.